The maximum absolute atomic E-state index is 12.3. The molecule has 0 bridgehead atoms. The molecule has 1 aromatic heterocycles. The number of nitrogens with two attached hydrogens (primary N) is 1. The molecule has 0 atom stereocenters. The van der Waals surface area contributed by atoms with E-state index in [1.54, 1.807) is 0 Å². The van der Waals surface area contributed by atoms with Gasteiger partial charge in [-0.05, 0) is 0 Å². The second-order valence-corrected chi connectivity index (χ2v) is 1.93. The van der Waals surface area contributed by atoms with Crippen molar-refractivity contribution >= 4 is 12.4 Å². The number of nitrogens with zero attached hydrogens (tertiary/aromatic N) is 2. The average Bonchev–Trinajstić information content (AvgIpc) is 2.01. The Hall–Kier alpha value is -0.880. The minimum atomic E-state index is -4.73. The lowest BCUT2D eigenvalue weighted by Crippen LogP contribution is -2.14. The number of hydrogen-bond acceptors (Lipinski definition) is 3. The van der Waals surface area contributed by atoms with E-state index < -0.39 is 23.9 Å². The lowest BCUT2D eigenvalue weighted by atomic mass is 10.2. The SMILES string of the molecule is Cl.[2H]C([2H])(N)c1cncnc1C(F)(F)F. The topological polar surface area (TPSA) is 51.8 Å². The van der Waals surface area contributed by atoms with Gasteiger partial charge in [-0.2, -0.15) is 13.2 Å². The summed E-state index contributed by atoms with van der Waals surface area (Å²) in [5, 5.41) is 0. The van der Waals surface area contributed by atoms with Crippen molar-refractivity contribution in [3.05, 3.63) is 23.8 Å². The molecule has 1 heterocycles. The molecule has 0 aliphatic rings. The molecule has 3 nitrogen and oxygen atoms in total. The van der Waals surface area contributed by atoms with Crippen LogP contribution in [0, 0.1) is 0 Å². The minimum absolute atomic E-state index is 0. The lowest BCUT2D eigenvalue weighted by Gasteiger charge is -2.08. The monoisotopic (exact) mass is 215 g/mol. The molecule has 0 aliphatic carbocycles. The molecule has 13 heavy (non-hydrogen) atoms. The summed E-state index contributed by atoms with van der Waals surface area (Å²) < 4.78 is 50.7. The normalized spacial score (nSPS) is 14.2. The highest BCUT2D eigenvalue weighted by molar-refractivity contribution is 5.85. The molecule has 0 aliphatic heterocycles. The predicted octanol–water partition coefficient (Wildman–Crippen LogP) is 1.38. The van der Waals surface area contributed by atoms with Gasteiger partial charge in [-0.1, -0.05) is 0 Å². The van der Waals surface area contributed by atoms with Crippen molar-refractivity contribution in [2.75, 3.05) is 0 Å². The molecule has 1 aromatic rings. The van der Waals surface area contributed by atoms with E-state index in [0.29, 0.717) is 6.33 Å². The predicted molar refractivity (Wildman–Crippen MR) is 42.2 cm³/mol. The second kappa shape index (κ2) is 4.38. The van der Waals surface area contributed by atoms with Gasteiger partial charge >= 0.3 is 6.18 Å². The van der Waals surface area contributed by atoms with E-state index in [2.05, 4.69) is 9.97 Å². The standard InChI is InChI=1S/C6H6F3N3.ClH/c7-6(8,9)5-4(1-10)2-11-3-12-5;/h2-3H,1,10H2;1H/i1D2;. The maximum Gasteiger partial charge on any atom is 0.433 e. The van der Waals surface area contributed by atoms with Crippen LogP contribution in [0.5, 0.6) is 0 Å². The first-order valence-corrected chi connectivity index (χ1v) is 2.89. The molecule has 0 spiro atoms. The third-order valence-electron chi connectivity index (χ3n) is 1.14. The quantitative estimate of drug-likeness (QED) is 0.770. The van der Waals surface area contributed by atoms with Crippen LogP contribution < -0.4 is 5.73 Å². The highest BCUT2D eigenvalue weighted by Gasteiger charge is 2.34. The van der Waals surface area contributed by atoms with Crippen LogP contribution >= 0.6 is 12.4 Å². The molecule has 0 radical (unpaired) electrons. The molecular weight excluding hydrogens is 207 g/mol. The maximum atomic E-state index is 12.3. The largest absolute Gasteiger partial charge is 0.433 e. The Morgan fingerprint density at radius 3 is 2.54 bits per heavy atom. The number of aromatic nitrogens is 2. The molecule has 0 fully saturated rings. The van der Waals surface area contributed by atoms with E-state index in [1.165, 1.54) is 0 Å². The Morgan fingerprint density at radius 2 is 2.15 bits per heavy atom. The van der Waals surface area contributed by atoms with Crippen molar-refractivity contribution in [3.63, 3.8) is 0 Å². The fraction of sp³-hybridized carbons (Fsp3) is 0.333. The summed E-state index contributed by atoms with van der Waals surface area (Å²) in [6.07, 6.45) is -3.32. The smallest absolute Gasteiger partial charge is 0.326 e. The number of rotatable bonds is 1. The van der Waals surface area contributed by atoms with Crippen molar-refractivity contribution in [1.29, 1.82) is 0 Å². The Kier molecular flexibility index (Phi) is 2.94. The molecule has 0 unspecified atom stereocenters. The van der Waals surface area contributed by atoms with E-state index in [-0.39, 0.29) is 12.4 Å². The Labute approximate surface area is 81.4 Å². The molecule has 74 valence electrons. The van der Waals surface area contributed by atoms with Crippen molar-refractivity contribution in [2.45, 2.75) is 12.7 Å². The van der Waals surface area contributed by atoms with Crippen molar-refractivity contribution in [1.82, 2.24) is 9.97 Å². The highest BCUT2D eigenvalue weighted by Crippen LogP contribution is 2.29. The van der Waals surface area contributed by atoms with Crippen LogP contribution in [0.25, 0.3) is 0 Å². The van der Waals surface area contributed by atoms with Gasteiger partial charge < -0.3 is 5.73 Å². The number of hydrogen-bond donors (Lipinski definition) is 1. The Morgan fingerprint density at radius 1 is 1.54 bits per heavy atom. The van der Waals surface area contributed by atoms with E-state index >= 15 is 0 Å². The first-order valence-electron chi connectivity index (χ1n) is 3.89. The first kappa shape index (κ1) is 8.71. The molecule has 2 N–H and O–H groups in total. The summed E-state index contributed by atoms with van der Waals surface area (Å²) in [7, 11) is 0. The minimum Gasteiger partial charge on any atom is -0.326 e. The van der Waals surface area contributed by atoms with Crippen LogP contribution in [0.4, 0.5) is 13.2 Å². The highest BCUT2D eigenvalue weighted by atomic mass is 35.5. The third kappa shape index (κ3) is 2.82. The van der Waals surface area contributed by atoms with Gasteiger partial charge in [0.2, 0.25) is 0 Å². The molecular formula is C6H7ClF3N3. The van der Waals surface area contributed by atoms with Gasteiger partial charge in [0.15, 0.2) is 5.69 Å². The zero-order valence-corrected chi connectivity index (χ0v) is 6.99. The summed E-state index contributed by atoms with van der Waals surface area (Å²) in [6.45, 7) is -2.61. The van der Waals surface area contributed by atoms with Crippen LogP contribution in [0.15, 0.2) is 12.5 Å². The van der Waals surface area contributed by atoms with Crippen molar-refractivity contribution in [2.24, 2.45) is 5.73 Å². The van der Waals surface area contributed by atoms with Crippen LogP contribution in [-0.4, -0.2) is 9.97 Å². The lowest BCUT2D eigenvalue weighted by molar-refractivity contribution is -0.141. The van der Waals surface area contributed by atoms with Gasteiger partial charge in [-0.3, -0.25) is 0 Å². The Bertz CT molecular complexity index is 306. The van der Waals surface area contributed by atoms with Crippen molar-refractivity contribution in [3.8, 4) is 0 Å². The average molecular weight is 216 g/mol. The number of halogens is 4. The summed E-state index contributed by atoms with van der Waals surface area (Å²) in [5.41, 5.74) is 2.79. The summed E-state index contributed by atoms with van der Waals surface area (Å²) >= 11 is 0. The zero-order chi connectivity index (χ0) is 11.0. The third-order valence-corrected chi connectivity index (χ3v) is 1.14. The van der Waals surface area contributed by atoms with Crippen LogP contribution in [0.3, 0.4) is 0 Å². The van der Waals surface area contributed by atoms with E-state index in [0.717, 1.165) is 6.20 Å². The Balaban J connectivity index is 0.00000196. The second-order valence-electron chi connectivity index (χ2n) is 1.93. The first-order chi connectivity index (χ1) is 6.23. The molecule has 0 saturated heterocycles. The summed E-state index contributed by atoms with van der Waals surface area (Å²) in [5.74, 6) is 0. The molecule has 7 heteroatoms. The van der Waals surface area contributed by atoms with E-state index in [4.69, 9.17) is 8.48 Å². The van der Waals surface area contributed by atoms with Crippen LogP contribution in [0.2, 0.25) is 0 Å². The van der Waals surface area contributed by atoms with E-state index in [1.807, 2.05) is 0 Å². The molecule has 1 rings (SSSR count). The van der Waals surface area contributed by atoms with Crippen LogP contribution in [-0.2, 0) is 12.7 Å². The van der Waals surface area contributed by atoms with Crippen molar-refractivity contribution < 1.29 is 15.9 Å². The van der Waals surface area contributed by atoms with Gasteiger partial charge in [-0.15, -0.1) is 12.4 Å². The molecule has 0 amide bonds. The van der Waals surface area contributed by atoms with Gasteiger partial charge in [0, 0.05) is 21.0 Å². The van der Waals surface area contributed by atoms with Gasteiger partial charge in [0.05, 0.1) is 0 Å². The fourth-order valence-electron chi connectivity index (χ4n) is 0.661. The summed E-state index contributed by atoms with van der Waals surface area (Å²) in [6, 6.07) is 0. The summed E-state index contributed by atoms with van der Waals surface area (Å²) in [4.78, 5) is 6.25. The van der Waals surface area contributed by atoms with E-state index in [9.17, 15) is 13.2 Å². The number of alkyl halides is 3. The molecule has 0 aromatic carbocycles. The van der Waals surface area contributed by atoms with Gasteiger partial charge in [0.25, 0.3) is 0 Å². The van der Waals surface area contributed by atoms with Crippen LogP contribution in [0.1, 0.15) is 14.0 Å². The van der Waals surface area contributed by atoms with Gasteiger partial charge in [0.1, 0.15) is 6.33 Å². The fourth-order valence-corrected chi connectivity index (χ4v) is 0.661. The molecule has 0 saturated carbocycles. The zero-order valence-electron chi connectivity index (χ0n) is 8.17. The van der Waals surface area contributed by atoms with Gasteiger partial charge in [-0.25, -0.2) is 9.97 Å².